The number of carbonyl (C=O) groups excluding carboxylic acids is 1. The molecule has 0 radical (unpaired) electrons. The molecule has 4 nitrogen and oxygen atoms in total. The minimum Gasteiger partial charge on any atom is -0.309 e. The number of nitrogens with zero attached hydrogens (tertiary/aromatic N) is 2. The van der Waals surface area contributed by atoms with E-state index in [-0.39, 0.29) is 5.91 Å². The Labute approximate surface area is 104 Å². The number of anilines is 1. The minimum atomic E-state index is -0.703. The molecular formula is C12H12ClN3O. The second-order valence-corrected chi connectivity index (χ2v) is 4.04. The lowest BCUT2D eigenvalue weighted by Gasteiger charge is -2.10. The second kappa shape index (κ2) is 5.01. The molecule has 0 bridgehead atoms. The van der Waals surface area contributed by atoms with E-state index in [1.54, 1.807) is 24.0 Å². The molecule has 1 atom stereocenters. The van der Waals surface area contributed by atoms with Crippen molar-refractivity contribution in [1.29, 1.82) is 0 Å². The molecule has 1 amide bonds. The van der Waals surface area contributed by atoms with Crippen molar-refractivity contribution in [2.45, 2.75) is 5.38 Å². The van der Waals surface area contributed by atoms with Gasteiger partial charge in [-0.3, -0.25) is 9.48 Å². The molecule has 1 unspecified atom stereocenters. The molecule has 0 aliphatic rings. The molecule has 2 aromatic rings. The first-order valence-electron chi connectivity index (χ1n) is 5.16. The Bertz CT molecular complexity index is 509. The van der Waals surface area contributed by atoms with Crippen molar-refractivity contribution in [1.82, 2.24) is 9.78 Å². The van der Waals surface area contributed by atoms with Crippen molar-refractivity contribution < 1.29 is 4.79 Å². The topological polar surface area (TPSA) is 46.9 Å². The van der Waals surface area contributed by atoms with Crippen LogP contribution in [-0.2, 0) is 11.8 Å². The van der Waals surface area contributed by atoms with Gasteiger partial charge in [-0.05, 0) is 5.56 Å². The van der Waals surface area contributed by atoms with Gasteiger partial charge in [0.05, 0.1) is 6.20 Å². The first kappa shape index (κ1) is 11.7. The van der Waals surface area contributed by atoms with Gasteiger partial charge in [0, 0.05) is 13.1 Å². The molecule has 1 aromatic carbocycles. The largest absolute Gasteiger partial charge is 0.309 e. The number of amides is 1. The number of halogens is 1. The Hall–Kier alpha value is -1.81. The number of hydrogen-bond donors (Lipinski definition) is 1. The van der Waals surface area contributed by atoms with E-state index in [0.717, 1.165) is 5.56 Å². The summed E-state index contributed by atoms with van der Waals surface area (Å²) in [6, 6.07) is 10.9. The fraction of sp³-hybridized carbons (Fsp3) is 0.167. The zero-order chi connectivity index (χ0) is 12.3. The lowest BCUT2D eigenvalue weighted by Crippen LogP contribution is -2.19. The van der Waals surface area contributed by atoms with Crippen molar-refractivity contribution in [3.63, 3.8) is 0 Å². The summed E-state index contributed by atoms with van der Waals surface area (Å²) in [5, 5.41) is 5.98. The zero-order valence-corrected chi connectivity index (χ0v) is 10.1. The molecule has 0 saturated heterocycles. The molecule has 5 heteroatoms. The summed E-state index contributed by atoms with van der Waals surface area (Å²) < 4.78 is 1.58. The van der Waals surface area contributed by atoms with Gasteiger partial charge in [-0.1, -0.05) is 30.3 Å². The monoisotopic (exact) mass is 249 g/mol. The van der Waals surface area contributed by atoms with Gasteiger partial charge in [-0.15, -0.1) is 11.6 Å². The highest BCUT2D eigenvalue weighted by Gasteiger charge is 2.18. The number of hydrogen-bond acceptors (Lipinski definition) is 2. The third-order valence-corrected chi connectivity index (χ3v) is 2.84. The van der Waals surface area contributed by atoms with E-state index in [1.165, 1.54) is 0 Å². The van der Waals surface area contributed by atoms with Crippen LogP contribution in [0, 0.1) is 0 Å². The van der Waals surface area contributed by atoms with Crippen LogP contribution >= 0.6 is 11.6 Å². The van der Waals surface area contributed by atoms with Crippen LogP contribution < -0.4 is 5.32 Å². The van der Waals surface area contributed by atoms with Crippen LogP contribution in [0.15, 0.2) is 42.6 Å². The summed E-state index contributed by atoms with van der Waals surface area (Å²) >= 11 is 6.08. The van der Waals surface area contributed by atoms with E-state index in [1.807, 2.05) is 30.3 Å². The van der Waals surface area contributed by atoms with Gasteiger partial charge in [0.2, 0.25) is 5.91 Å². The van der Waals surface area contributed by atoms with Crippen LogP contribution in [-0.4, -0.2) is 15.7 Å². The second-order valence-electron chi connectivity index (χ2n) is 3.60. The van der Waals surface area contributed by atoms with Crippen molar-refractivity contribution >= 4 is 23.3 Å². The number of benzene rings is 1. The fourth-order valence-corrected chi connectivity index (χ4v) is 1.66. The van der Waals surface area contributed by atoms with Gasteiger partial charge in [0.1, 0.15) is 11.2 Å². The molecule has 0 aliphatic heterocycles. The standard InChI is InChI=1S/C12H12ClN3O/c1-16-10(7-8-14-16)15-12(17)11(13)9-5-3-2-4-6-9/h2-8,11H,1H3,(H,15,17). The Balaban J connectivity index is 2.09. The van der Waals surface area contributed by atoms with Gasteiger partial charge in [-0.25, -0.2) is 0 Å². The normalized spacial score (nSPS) is 12.1. The highest BCUT2D eigenvalue weighted by atomic mass is 35.5. The number of aromatic nitrogens is 2. The maximum Gasteiger partial charge on any atom is 0.248 e. The summed E-state index contributed by atoms with van der Waals surface area (Å²) in [5.41, 5.74) is 0.772. The smallest absolute Gasteiger partial charge is 0.248 e. The molecule has 1 aromatic heterocycles. The molecule has 0 aliphatic carbocycles. The fourth-order valence-electron chi connectivity index (χ4n) is 1.46. The van der Waals surface area contributed by atoms with E-state index in [4.69, 9.17) is 11.6 Å². The number of rotatable bonds is 3. The molecule has 1 heterocycles. The third kappa shape index (κ3) is 2.65. The predicted octanol–water partition coefficient (Wildman–Crippen LogP) is 2.34. The van der Waals surface area contributed by atoms with Gasteiger partial charge >= 0.3 is 0 Å². The summed E-state index contributed by atoms with van der Waals surface area (Å²) in [5.74, 6) is 0.359. The average molecular weight is 250 g/mol. The van der Waals surface area contributed by atoms with Crippen molar-refractivity contribution in [3.8, 4) is 0 Å². The molecular weight excluding hydrogens is 238 g/mol. The van der Waals surface area contributed by atoms with Crippen LogP contribution in [0.4, 0.5) is 5.82 Å². The maximum atomic E-state index is 11.9. The Morgan fingerprint density at radius 2 is 2.06 bits per heavy atom. The van der Waals surface area contributed by atoms with Gasteiger partial charge < -0.3 is 5.32 Å². The third-order valence-electron chi connectivity index (χ3n) is 2.39. The van der Waals surface area contributed by atoms with Crippen LogP contribution in [0.1, 0.15) is 10.9 Å². The molecule has 1 N–H and O–H groups in total. The van der Waals surface area contributed by atoms with E-state index in [0.29, 0.717) is 5.82 Å². The van der Waals surface area contributed by atoms with Crippen LogP contribution in [0.25, 0.3) is 0 Å². The SMILES string of the molecule is Cn1nccc1NC(=O)C(Cl)c1ccccc1. The summed E-state index contributed by atoms with van der Waals surface area (Å²) in [6.07, 6.45) is 1.61. The van der Waals surface area contributed by atoms with Gasteiger partial charge in [0.15, 0.2) is 0 Å². The van der Waals surface area contributed by atoms with Crippen LogP contribution in [0.3, 0.4) is 0 Å². The molecule has 0 fully saturated rings. The first-order chi connectivity index (χ1) is 8.18. The Morgan fingerprint density at radius 3 is 2.65 bits per heavy atom. The summed E-state index contributed by atoms with van der Waals surface area (Å²) in [7, 11) is 1.75. The minimum absolute atomic E-state index is 0.263. The molecule has 0 spiro atoms. The summed E-state index contributed by atoms with van der Waals surface area (Å²) in [6.45, 7) is 0. The van der Waals surface area contributed by atoms with Gasteiger partial charge in [0.25, 0.3) is 0 Å². The Kier molecular flexibility index (Phi) is 3.44. The van der Waals surface area contributed by atoms with Crippen molar-refractivity contribution in [3.05, 3.63) is 48.2 Å². The number of carbonyl (C=O) groups is 1. The van der Waals surface area contributed by atoms with Gasteiger partial charge in [-0.2, -0.15) is 5.10 Å². The summed E-state index contributed by atoms with van der Waals surface area (Å²) in [4.78, 5) is 11.9. The van der Waals surface area contributed by atoms with E-state index >= 15 is 0 Å². The van der Waals surface area contributed by atoms with E-state index < -0.39 is 5.38 Å². The first-order valence-corrected chi connectivity index (χ1v) is 5.60. The lowest BCUT2D eigenvalue weighted by atomic mass is 10.1. The number of nitrogens with one attached hydrogen (secondary N) is 1. The maximum absolute atomic E-state index is 11.9. The van der Waals surface area contributed by atoms with E-state index in [2.05, 4.69) is 10.4 Å². The molecule has 2 rings (SSSR count). The van der Waals surface area contributed by atoms with Crippen LogP contribution in [0.5, 0.6) is 0 Å². The average Bonchev–Trinajstić information content (AvgIpc) is 2.75. The highest BCUT2D eigenvalue weighted by molar-refractivity contribution is 6.32. The predicted molar refractivity (Wildman–Crippen MR) is 66.9 cm³/mol. The number of aryl methyl sites for hydroxylation is 1. The van der Waals surface area contributed by atoms with Crippen molar-refractivity contribution in [2.75, 3.05) is 5.32 Å². The number of alkyl halides is 1. The quantitative estimate of drug-likeness (QED) is 0.849. The Morgan fingerprint density at radius 1 is 1.35 bits per heavy atom. The molecule has 88 valence electrons. The molecule has 17 heavy (non-hydrogen) atoms. The molecule has 0 saturated carbocycles. The van der Waals surface area contributed by atoms with E-state index in [9.17, 15) is 4.79 Å². The lowest BCUT2D eigenvalue weighted by molar-refractivity contribution is -0.116. The zero-order valence-electron chi connectivity index (χ0n) is 9.30. The van der Waals surface area contributed by atoms with Crippen molar-refractivity contribution in [2.24, 2.45) is 7.05 Å². The van der Waals surface area contributed by atoms with Crippen LogP contribution in [0.2, 0.25) is 0 Å². The highest BCUT2D eigenvalue weighted by Crippen LogP contribution is 2.21.